The van der Waals surface area contributed by atoms with Gasteiger partial charge in [-0.15, -0.1) is 0 Å². The summed E-state index contributed by atoms with van der Waals surface area (Å²) in [5.74, 6) is -0.399. The van der Waals surface area contributed by atoms with E-state index in [1.807, 2.05) is 13.2 Å². The van der Waals surface area contributed by atoms with Crippen molar-refractivity contribution in [2.45, 2.75) is 23.1 Å². The fraction of sp³-hybridized carbons (Fsp3) is 0.533. The molecule has 0 bridgehead atoms. The number of nitrogens with one attached hydrogen (secondary N) is 1. The minimum atomic E-state index is -3.40. The predicted octanol–water partition coefficient (Wildman–Crippen LogP) is 0.949. The van der Waals surface area contributed by atoms with E-state index in [0.717, 1.165) is 0 Å². The minimum absolute atomic E-state index is 0.0285. The summed E-state index contributed by atoms with van der Waals surface area (Å²) in [5, 5.41) is 11.9. The van der Waals surface area contributed by atoms with Crippen molar-refractivity contribution in [3.8, 4) is 0 Å². The van der Waals surface area contributed by atoms with Crippen LogP contribution in [0.1, 0.15) is 17.3 Å². The van der Waals surface area contributed by atoms with Gasteiger partial charge in [0.2, 0.25) is 0 Å². The van der Waals surface area contributed by atoms with Gasteiger partial charge in [-0.1, -0.05) is 0 Å². The zero-order valence-corrected chi connectivity index (χ0v) is 15.1. The first kappa shape index (κ1) is 20.0. The Bertz CT molecular complexity index is 597. The number of rotatable bonds is 9. The molecular formula is C15H23NO5S2. The van der Waals surface area contributed by atoms with Gasteiger partial charge in [0.15, 0.2) is 9.84 Å². The van der Waals surface area contributed by atoms with Crippen molar-refractivity contribution >= 4 is 27.5 Å². The van der Waals surface area contributed by atoms with Crippen LogP contribution in [-0.2, 0) is 14.6 Å². The van der Waals surface area contributed by atoms with Crippen molar-refractivity contribution in [1.29, 1.82) is 0 Å². The largest absolute Gasteiger partial charge is 0.395 e. The third kappa shape index (κ3) is 5.80. The summed E-state index contributed by atoms with van der Waals surface area (Å²) in [6.45, 7) is 1.91. The SMILES string of the molecule is COCCS(=O)(=O)c1ccc(C(=O)N[C@H](C)[C@H](CO)SC)cc1. The molecular weight excluding hydrogens is 338 g/mol. The first-order chi connectivity index (χ1) is 10.9. The van der Waals surface area contributed by atoms with E-state index in [1.54, 1.807) is 0 Å². The van der Waals surface area contributed by atoms with Gasteiger partial charge in [-0.2, -0.15) is 11.8 Å². The van der Waals surface area contributed by atoms with E-state index in [4.69, 9.17) is 4.74 Å². The van der Waals surface area contributed by atoms with E-state index in [0.29, 0.717) is 5.56 Å². The highest BCUT2D eigenvalue weighted by atomic mass is 32.2. The number of methoxy groups -OCH3 is 1. The maximum absolute atomic E-state index is 12.2. The molecule has 0 saturated carbocycles. The van der Waals surface area contributed by atoms with Gasteiger partial charge in [0.1, 0.15) is 0 Å². The van der Waals surface area contributed by atoms with E-state index >= 15 is 0 Å². The molecule has 23 heavy (non-hydrogen) atoms. The molecule has 0 spiro atoms. The summed E-state index contributed by atoms with van der Waals surface area (Å²) < 4.78 is 28.8. The summed E-state index contributed by atoms with van der Waals surface area (Å²) in [4.78, 5) is 12.3. The van der Waals surface area contributed by atoms with Crippen LogP contribution < -0.4 is 5.32 Å². The molecule has 8 heteroatoms. The summed E-state index contributed by atoms with van der Waals surface area (Å²) in [7, 11) is -1.96. The number of carbonyl (C=O) groups is 1. The average Bonchev–Trinajstić information content (AvgIpc) is 2.54. The van der Waals surface area contributed by atoms with Gasteiger partial charge in [-0.25, -0.2) is 8.42 Å². The summed E-state index contributed by atoms with van der Waals surface area (Å²) in [6, 6.07) is 5.60. The highest BCUT2D eigenvalue weighted by molar-refractivity contribution is 7.99. The Balaban J connectivity index is 2.78. The highest BCUT2D eigenvalue weighted by Crippen LogP contribution is 2.14. The fourth-order valence-corrected chi connectivity index (χ4v) is 3.74. The zero-order chi connectivity index (χ0) is 17.5. The molecule has 0 aromatic heterocycles. The lowest BCUT2D eigenvalue weighted by Crippen LogP contribution is -2.41. The van der Waals surface area contributed by atoms with Gasteiger partial charge < -0.3 is 15.2 Å². The van der Waals surface area contributed by atoms with Crippen LogP contribution >= 0.6 is 11.8 Å². The third-order valence-corrected chi connectivity index (χ3v) is 6.29. The second kappa shape index (κ2) is 9.27. The predicted molar refractivity (Wildman–Crippen MR) is 91.7 cm³/mol. The van der Waals surface area contributed by atoms with Gasteiger partial charge in [-0.3, -0.25) is 4.79 Å². The molecule has 0 aliphatic heterocycles. The van der Waals surface area contributed by atoms with E-state index in [-0.39, 0.29) is 41.1 Å². The Morgan fingerprint density at radius 1 is 1.35 bits per heavy atom. The van der Waals surface area contributed by atoms with Crippen molar-refractivity contribution in [2.24, 2.45) is 0 Å². The molecule has 1 rings (SSSR count). The molecule has 0 aliphatic carbocycles. The third-order valence-electron chi connectivity index (χ3n) is 3.43. The molecule has 0 saturated heterocycles. The highest BCUT2D eigenvalue weighted by Gasteiger charge is 2.19. The molecule has 0 radical (unpaired) electrons. The van der Waals surface area contributed by atoms with Crippen LogP contribution in [0.5, 0.6) is 0 Å². The molecule has 1 aromatic rings. The van der Waals surface area contributed by atoms with E-state index in [9.17, 15) is 18.3 Å². The number of aliphatic hydroxyl groups is 1. The van der Waals surface area contributed by atoms with Crippen molar-refractivity contribution < 1.29 is 23.1 Å². The Kier molecular flexibility index (Phi) is 8.04. The molecule has 0 heterocycles. The van der Waals surface area contributed by atoms with E-state index in [1.165, 1.54) is 43.1 Å². The lowest BCUT2D eigenvalue weighted by atomic mass is 10.2. The Labute approximate surface area is 141 Å². The number of ether oxygens (including phenoxy) is 1. The average molecular weight is 361 g/mol. The van der Waals surface area contributed by atoms with Crippen molar-refractivity contribution in [3.05, 3.63) is 29.8 Å². The minimum Gasteiger partial charge on any atom is -0.395 e. The van der Waals surface area contributed by atoms with Gasteiger partial charge in [0.05, 0.1) is 23.9 Å². The number of hydrogen-bond acceptors (Lipinski definition) is 6. The first-order valence-electron chi connectivity index (χ1n) is 7.12. The van der Waals surface area contributed by atoms with Crippen LogP contribution in [0, 0.1) is 0 Å². The van der Waals surface area contributed by atoms with Crippen LogP contribution in [0.3, 0.4) is 0 Å². The maximum Gasteiger partial charge on any atom is 0.251 e. The molecule has 130 valence electrons. The second-order valence-corrected chi connectivity index (χ2v) is 8.24. The number of hydrogen-bond donors (Lipinski definition) is 2. The topological polar surface area (TPSA) is 92.7 Å². The summed E-state index contributed by atoms with van der Waals surface area (Å²) in [6.07, 6.45) is 1.86. The van der Waals surface area contributed by atoms with Crippen LogP contribution in [-0.4, -0.2) is 63.1 Å². The summed E-state index contributed by atoms with van der Waals surface area (Å²) >= 11 is 1.47. The lowest BCUT2D eigenvalue weighted by molar-refractivity contribution is 0.0936. The van der Waals surface area contributed by atoms with Crippen LogP contribution in [0.25, 0.3) is 0 Å². The van der Waals surface area contributed by atoms with Crippen LogP contribution in [0.15, 0.2) is 29.2 Å². The smallest absolute Gasteiger partial charge is 0.251 e. The molecule has 0 fully saturated rings. The van der Waals surface area contributed by atoms with Gasteiger partial charge in [0.25, 0.3) is 5.91 Å². The number of benzene rings is 1. The Morgan fingerprint density at radius 3 is 2.43 bits per heavy atom. The molecule has 0 unspecified atom stereocenters. The number of carbonyl (C=O) groups excluding carboxylic acids is 1. The Morgan fingerprint density at radius 2 is 1.96 bits per heavy atom. The van der Waals surface area contributed by atoms with Crippen LogP contribution in [0.2, 0.25) is 0 Å². The van der Waals surface area contributed by atoms with Crippen molar-refractivity contribution in [1.82, 2.24) is 5.32 Å². The Hall–Kier alpha value is -1.09. The zero-order valence-electron chi connectivity index (χ0n) is 13.5. The maximum atomic E-state index is 12.2. The monoisotopic (exact) mass is 361 g/mol. The second-order valence-electron chi connectivity index (χ2n) is 5.05. The summed E-state index contributed by atoms with van der Waals surface area (Å²) in [5.41, 5.74) is 0.375. The van der Waals surface area contributed by atoms with Gasteiger partial charge in [0, 0.05) is 24.0 Å². The normalized spacial score (nSPS) is 14.3. The van der Waals surface area contributed by atoms with E-state index < -0.39 is 9.84 Å². The quantitative estimate of drug-likeness (QED) is 0.680. The standard InChI is InChI=1S/C15H23NO5S2/c1-11(14(10-17)22-3)16-15(18)12-4-6-13(7-5-12)23(19,20)9-8-21-2/h4-7,11,14,17H,8-10H2,1-3H3,(H,16,18)/t11-,14+/m1/s1. The molecule has 0 aliphatic rings. The molecule has 6 nitrogen and oxygen atoms in total. The first-order valence-corrected chi connectivity index (χ1v) is 10.1. The van der Waals surface area contributed by atoms with Crippen molar-refractivity contribution in [3.63, 3.8) is 0 Å². The van der Waals surface area contributed by atoms with Gasteiger partial charge in [-0.05, 0) is 37.4 Å². The van der Waals surface area contributed by atoms with E-state index in [2.05, 4.69) is 5.32 Å². The molecule has 2 atom stereocenters. The molecule has 1 aromatic carbocycles. The number of sulfone groups is 1. The number of thioether (sulfide) groups is 1. The molecule has 2 N–H and O–H groups in total. The van der Waals surface area contributed by atoms with Gasteiger partial charge >= 0.3 is 0 Å². The fourth-order valence-electron chi connectivity index (χ4n) is 1.94. The van der Waals surface area contributed by atoms with Crippen LogP contribution in [0.4, 0.5) is 0 Å². The molecule has 1 amide bonds. The lowest BCUT2D eigenvalue weighted by Gasteiger charge is -2.21. The number of aliphatic hydroxyl groups excluding tert-OH is 1. The van der Waals surface area contributed by atoms with Crippen molar-refractivity contribution in [2.75, 3.05) is 32.3 Å². The number of amides is 1.